The van der Waals surface area contributed by atoms with E-state index in [2.05, 4.69) is 74.1 Å². The van der Waals surface area contributed by atoms with Gasteiger partial charge in [-0.3, -0.25) is 86.5 Å². The van der Waals surface area contributed by atoms with E-state index in [1.807, 2.05) is 0 Å². The minimum absolute atomic E-state index is 0.00549. The summed E-state index contributed by atoms with van der Waals surface area (Å²) in [7, 11) is 0. The molecule has 0 aliphatic carbocycles. The third kappa shape index (κ3) is 34.7. The van der Waals surface area contributed by atoms with E-state index in [1.54, 1.807) is 71.9 Å². The van der Waals surface area contributed by atoms with Gasteiger partial charge in [-0.15, -0.1) is 0 Å². The molecule has 0 radical (unpaired) electrons. The van der Waals surface area contributed by atoms with Gasteiger partial charge in [0.2, 0.25) is 88.6 Å². The van der Waals surface area contributed by atoms with Crippen molar-refractivity contribution >= 4 is 107 Å². The molecule has 27 N–H and O–H groups in total. The van der Waals surface area contributed by atoms with Gasteiger partial charge in [0.1, 0.15) is 79.0 Å². The summed E-state index contributed by atoms with van der Waals surface area (Å²) in [4.78, 5) is 235. The lowest BCUT2D eigenvalue weighted by atomic mass is 9.96. The molecule has 1 aromatic rings. The van der Waals surface area contributed by atoms with E-state index in [0.29, 0.717) is 24.8 Å². The topological polar surface area (TPSA) is 673 Å². The lowest BCUT2D eigenvalue weighted by Crippen LogP contribution is -2.62. The van der Waals surface area contributed by atoms with E-state index in [1.165, 1.54) is 25.7 Å². The number of nitrogens with two attached hydrogens (primary N) is 5. The van der Waals surface area contributed by atoms with Gasteiger partial charge >= 0.3 is 11.9 Å². The molecule has 1 aromatic carbocycles. The molecule has 2 rings (SSSR count). The molecule has 628 valence electrons. The zero-order chi connectivity index (χ0) is 84.8. The number of guanidine groups is 1. The molecule has 0 unspecified atom stereocenters. The standard InChI is InChI=1S/C71H118N20O21/c1-11-38(8)56(70(112)91-28-18-23-49(91)66(108)79-33-53(98)99)89-64(106)46(30-41-19-13-12-14-20-41)85-63(105)47(31-52(96)97)86-62(104)45(29-35(2)3)81-51(95)32-78-68(110)57(40(10)93)90-69(111)55(37(6)7)88-61(103)43(22-17-27-77-71(75)76)83-60(102)44(24-25-50(73)94)84-59(101)42(21-15-16-26-72)82-58(100)39(9)80-65(107)48(34-92)87-67(109)54(74)36(4)5/h12-14,19-20,35-40,42-49,54-57,92-93H,11,15-18,21-34,72,74H2,1-10H3,(H2,73,94)(H,78,110)(H,79,108)(H,80,107)(H,81,95)(H,82,100)(H,83,102)(H,84,101)(H,85,105)(H,86,104)(H,87,109)(H,88,103)(H,89,106)(H,90,111)(H,96,97)(H,98,99)(H4,75,76,77)/t38-,39-,40+,42-,43-,44-,45-,46-,47-,48-,49-,54-,55-,56-,57-/m0/s1. The quantitative estimate of drug-likeness (QED) is 0.0164. The number of carboxylic acids is 2. The zero-order valence-electron chi connectivity index (χ0n) is 65.2. The van der Waals surface area contributed by atoms with Crippen molar-refractivity contribution in [2.45, 2.75) is 237 Å². The van der Waals surface area contributed by atoms with Crippen molar-refractivity contribution in [1.29, 1.82) is 0 Å². The molecule has 1 aliphatic rings. The van der Waals surface area contributed by atoms with Gasteiger partial charge in [0.25, 0.3) is 0 Å². The molecule has 1 fully saturated rings. The Hall–Kier alpha value is -10.7. The van der Waals surface area contributed by atoms with Crippen molar-refractivity contribution in [1.82, 2.24) is 74.0 Å². The number of carboxylic acid groups (broad SMARTS) is 2. The van der Waals surface area contributed by atoms with E-state index in [4.69, 9.17) is 33.8 Å². The fourth-order valence-electron chi connectivity index (χ4n) is 11.4. The predicted octanol–water partition coefficient (Wildman–Crippen LogP) is -7.08. The van der Waals surface area contributed by atoms with Gasteiger partial charge in [-0.05, 0) is 107 Å². The summed E-state index contributed by atoms with van der Waals surface area (Å²) in [6.07, 6.45) is -2.90. The van der Waals surface area contributed by atoms with Gasteiger partial charge in [0, 0.05) is 25.9 Å². The highest BCUT2D eigenvalue weighted by atomic mass is 16.4. The maximum absolute atomic E-state index is 14.4. The number of likely N-dealkylation sites (tertiary alicyclic amines) is 1. The van der Waals surface area contributed by atoms with Crippen LogP contribution in [0.15, 0.2) is 35.3 Å². The number of aliphatic carboxylic acids is 2. The van der Waals surface area contributed by atoms with Crippen LogP contribution < -0.4 is 97.8 Å². The van der Waals surface area contributed by atoms with E-state index in [9.17, 15) is 96.8 Å². The highest BCUT2D eigenvalue weighted by Crippen LogP contribution is 2.23. The van der Waals surface area contributed by atoms with Crippen molar-refractivity contribution in [3.8, 4) is 0 Å². The fraction of sp³-hybridized carbons (Fsp3) is 0.662. The molecule has 41 nitrogen and oxygen atoms in total. The Bertz CT molecular complexity index is 3410. The van der Waals surface area contributed by atoms with Gasteiger partial charge in [0.05, 0.1) is 31.7 Å². The van der Waals surface area contributed by atoms with Crippen LogP contribution in [-0.4, -0.2) is 256 Å². The second-order valence-corrected chi connectivity index (χ2v) is 28.7. The average molecular weight is 1590 g/mol. The van der Waals surface area contributed by atoms with E-state index in [0.717, 1.165) is 6.92 Å². The van der Waals surface area contributed by atoms with Crippen molar-refractivity contribution < 1.29 is 102 Å². The molecular formula is C71H118N20O21. The molecule has 112 heavy (non-hydrogen) atoms. The summed E-state index contributed by atoms with van der Waals surface area (Å²) in [6.45, 7) is 13.1. The molecular weight excluding hydrogens is 1470 g/mol. The number of primary amides is 1. The minimum atomic E-state index is -1.92. The molecule has 15 atom stereocenters. The first kappa shape index (κ1) is 97.4. The summed E-state index contributed by atoms with van der Waals surface area (Å²) in [5.74, 6) is -19.7. The number of aliphatic hydroxyl groups excluding tert-OH is 2. The highest BCUT2D eigenvalue weighted by Gasteiger charge is 2.42. The number of hydrogen-bond acceptors (Lipinski definition) is 22. The van der Waals surface area contributed by atoms with Crippen LogP contribution in [0.3, 0.4) is 0 Å². The molecule has 1 aliphatic heterocycles. The largest absolute Gasteiger partial charge is 0.481 e. The van der Waals surface area contributed by atoms with Crippen molar-refractivity contribution in [3.63, 3.8) is 0 Å². The molecule has 0 spiro atoms. The molecule has 0 bridgehead atoms. The zero-order valence-corrected chi connectivity index (χ0v) is 65.2. The number of carbonyl (C=O) groups excluding carboxylic acids is 15. The van der Waals surface area contributed by atoms with E-state index in [-0.39, 0.29) is 82.4 Å². The normalized spacial score (nSPS) is 16.3. The Kier molecular flexibility index (Phi) is 43.1. The highest BCUT2D eigenvalue weighted by molar-refractivity contribution is 6.01. The summed E-state index contributed by atoms with van der Waals surface area (Å²) >= 11 is 0. The number of nitrogens with one attached hydrogen (secondary N) is 13. The van der Waals surface area contributed by atoms with Crippen molar-refractivity contribution in [2.75, 3.05) is 39.3 Å². The molecule has 1 heterocycles. The Labute approximate surface area is 650 Å². The molecule has 1 saturated heterocycles. The van der Waals surface area contributed by atoms with Crippen LogP contribution >= 0.6 is 0 Å². The first-order valence-corrected chi connectivity index (χ1v) is 37.3. The SMILES string of the molecule is CC[C@H](C)[C@H](NC(=O)[C@H](Cc1ccccc1)NC(=O)[C@H](CC(=O)O)NC(=O)[C@H](CC(C)C)NC(=O)CNC(=O)[C@@H](NC(=O)[C@@H](NC(=O)[C@H](CCCN=C(N)N)NC(=O)[C@H](CCC(N)=O)NC(=O)[C@H](CCCCN)NC(=O)[C@H](C)NC(=O)[C@H](CO)NC(=O)[C@@H](N)C(C)C)C(C)C)[C@@H](C)O)C(=O)N1CCC[C@H]1C(=O)NCC(=O)O. The van der Waals surface area contributed by atoms with Crippen LogP contribution in [0.4, 0.5) is 0 Å². The summed E-state index contributed by atoms with van der Waals surface area (Å²) in [5, 5.41) is 71.6. The number of amides is 15. The summed E-state index contributed by atoms with van der Waals surface area (Å²) in [6, 6.07) is -11.1. The minimum Gasteiger partial charge on any atom is -0.481 e. The molecule has 15 amide bonds. The maximum Gasteiger partial charge on any atom is 0.322 e. The van der Waals surface area contributed by atoms with E-state index >= 15 is 0 Å². The molecule has 41 heteroatoms. The van der Waals surface area contributed by atoms with Gasteiger partial charge in [0.15, 0.2) is 5.96 Å². The first-order chi connectivity index (χ1) is 52.6. The smallest absolute Gasteiger partial charge is 0.322 e. The Morgan fingerprint density at radius 1 is 0.536 bits per heavy atom. The van der Waals surface area contributed by atoms with Crippen LogP contribution in [0, 0.1) is 23.7 Å². The number of rotatable bonds is 51. The number of hydrogen-bond donors (Lipinski definition) is 22. The predicted molar refractivity (Wildman–Crippen MR) is 404 cm³/mol. The number of unbranched alkanes of at least 4 members (excludes halogenated alkanes) is 1. The Balaban J connectivity index is 2.40. The van der Waals surface area contributed by atoms with Crippen LogP contribution in [0.1, 0.15) is 152 Å². The number of nitrogens with zero attached hydrogens (tertiary/aromatic N) is 2. The van der Waals surface area contributed by atoms with Crippen LogP contribution in [0.25, 0.3) is 0 Å². The van der Waals surface area contributed by atoms with Gasteiger partial charge in [-0.25, -0.2) is 0 Å². The van der Waals surface area contributed by atoms with Crippen molar-refractivity contribution in [2.24, 2.45) is 57.3 Å². The first-order valence-electron chi connectivity index (χ1n) is 37.3. The number of benzene rings is 1. The van der Waals surface area contributed by atoms with E-state index < -0.39 is 236 Å². The van der Waals surface area contributed by atoms with Crippen LogP contribution in [-0.2, 0) is 87.9 Å². The maximum atomic E-state index is 14.4. The van der Waals surface area contributed by atoms with Gasteiger partial charge in [-0.1, -0.05) is 92.1 Å². The Morgan fingerprint density at radius 2 is 1.05 bits per heavy atom. The second-order valence-electron chi connectivity index (χ2n) is 28.7. The van der Waals surface area contributed by atoms with Gasteiger partial charge in [-0.2, -0.15) is 0 Å². The monoisotopic (exact) mass is 1590 g/mol. The lowest BCUT2D eigenvalue weighted by molar-refractivity contribution is -0.144. The number of carbonyl (C=O) groups is 17. The summed E-state index contributed by atoms with van der Waals surface area (Å²) < 4.78 is 0. The average Bonchev–Trinajstić information content (AvgIpc) is 1.43. The molecule has 0 aromatic heterocycles. The molecule has 0 saturated carbocycles. The second kappa shape index (κ2) is 49.6. The lowest BCUT2D eigenvalue weighted by Gasteiger charge is -2.32. The Morgan fingerprint density at radius 3 is 1.59 bits per heavy atom. The summed E-state index contributed by atoms with van der Waals surface area (Å²) in [5.41, 5.74) is 28.6. The fourth-order valence-corrected chi connectivity index (χ4v) is 11.4. The number of aliphatic imine (C=N–C) groups is 1. The van der Waals surface area contributed by atoms with Crippen molar-refractivity contribution in [3.05, 3.63) is 35.9 Å². The number of aliphatic hydroxyl groups is 2. The van der Waals surface area contributed by atoms with Crippen LogP contribution in [0.5, 0.6) is 0 Å². The van der Waals surface area contributed by atoms with Gasteiger partial charge < -0.3 is 123 Å². The van der Waals surface area contributed by atoms with Crippen LogP contribution in [0.2, 0.25) is 0 Å². The third-order valence-electron chi connectivity index (χ3n) is 18.1. The third-order valence-corrected chi connectivity index (χ3v) is 18.1.